The van der Waals surface area contributed by atoms with Crippen LogP contribution in [-0.4, -0.2) is 23.5 Å². The number of likely N-dealkylation sites (tertiary alicyclic amines) is 1. The van der Waals surface area contributed by atoms with E-state index in [-0.39, 0.29) is 5.75 Å². The molecule has 0 radical (unpaired) electrons. The van der Waals surface area contributed by atoms with Gasteiger partial charge in [0.25, 0.3) is 0 Å². The summed E-state index contributed by atoms with van der Waals surface area (Å²) in [5.74, 6) is 0.0100. The van der Waals surface area contributed by atoms with Gasteiger partial charge >= 0.3 is 16.6 Å². The number of nitrogens with zero attached hydrogens (tertiary/aromatic N) is 1. The van der Waals surface area contributed by atoms with E-state index in [1.54, 1.807) is 0 Å². The maximum Gasteiger partial charge on any atom is 0.615 e. The molecule has 1 aromatic rings. The Bertz CT molecular complexity index is 531. The van der Waals surface area contributed by atoms with E-state index in [2.05, 4.69) is 9.08 Å². The van der Waals surface area contributed by atoms with Gasteiger partial charge in [0, 0.05) is 6.54 Å². The molecule has 1 aromatic carbocycles. The summed E-state index contributed by atoms with van der Waals surface area (Å²) in [6.07, 6.45) is 3.63. The standard InChI is InChI=1S/C15H20F3NO2S/c1-11-8-13(21-22(20)15(16,17)18)9-12(2)14(11)10-19-6-4-3-5-7-19/h8-9H,3-7,10H2,1-2H3/p+1. The third-order valence-electron chi connectivity index (χ3n) is 3.90. The molecule has 1 aliphatic heterocycles. The van der Waals surface area contributed by atoms with Gasteiger partial charge in [-0.05, 0) is 68.6 Å². The lowest BCUT2D eigenvalue weighted by molar-refractivity contribution is -0.0444. The largest absolute Gasteiger partial charge is 0.615 e. The van der Waals surface area contributed by atoms with Gasteiger partial charge in [-0.15, -0.1) is 13.2 Å². The molecular weight excluding hydrogens is 315 g/mol. The normalized spacial score (nSPS) is 18.2. The molecule has 1 unspecified atom stereocenters. The lowest BCUT2D eigenvalue weighted by atomic mass is 10.0. The van der Waals surface area contributed by atoms with Crippen LogP contribution in [0.3, 0.4) is 0 Å². The van der Waals surface area contributed by atoms with Crippen LogP contribution in [0, 0.1) is 13.8 Å². The predicted octanol–water partition coefficient (Wildman–Crippen LogP) is 3.80. The fourth-order valence-electron chi connectivity index (χ4n) is 2.74. The topological polar surface area (TPSA) is 29.5 Å². The van der Waals surface area contributed by atoms with Crippen LogP contribution in [0.25, 0.3) is 0 Å². The van der Waals surface area contributed by atoms with Gasteiger partial charge in [-0.3, -0.25) is 9.08 Å². The number of rotatable bonds is 4. The first kappa shape index (κ1) is 17.3. The molecule has 0 N–H and O–H groups in total. The van der Waals surface area contributed by atoms with Crippen LogP contribution < -0.4 is 4.18 Å². The molecule has 0 aliphatic carbocycles. The molecule has 2 rings (SSSR count). The quantitative estimate of drug-likeness (QED) is 0.619. The minimum Gasteiger partial charge on any atom is -0.299 e. The van der Waals surface area contributed by atoms with E-state index in [4.69, 9.17) is 0 Å². The van der Waals surface area contributed by atoms with Crippen molar-refractivity contribution in [2.24, 2.45) is 0 Å². The van der Waals surface area contributed by atoms with Crippen molar-refractivity contribution >= 4 is 11.1 Å². The van der Waals surface area contributed by atoms with Crippen LogP contribution in [0.15, 0.2) is 12.1 Å². The second kappa shape index (κ2) is 7.00. The molecule has 1 saturated heterocycles. The average molecular weight is 336 g/mol. The van der Waals surface area contributed by atoms with E-state index < -0.39 is 16.6 Å². The van der Waals surface area contributed by atoms with Gasteiger partial charge < -0.3 is 0 Å². The van der Waals surface area contributed by atoms with E-state index in [0.29, 0.717) is 0 Å². The Labute approximate surface area is 131 Å². The Hall–Kier alpha value is -1.08. The van der Waals surface area contributed by atoms with Crippen LogP contribution in [0.1, 0.15) is 36.0 Å². The zero-order valence-electron chi connectivity index (χ0n) is 12.7. The van der Waals surface area contributed by atoms with Crippen molar-refractivity contribution in [3.8, 4) is 5.75 Å². The van der Waals surface area contributed by atoms with E-state index in [0.717, 1.165) is 36.3 Å². The summed E-state index contributed by atoms with van der Waals surface area (Å²) in [4.78, 5) is 2.36. The molecular formula is C15H21F3NO2S+. The zero-order valence-corrected chi connectivity index (χ0v) is 13.6. The Balaban J connectivity index is 2.12. The molecule has 0 aromatic heterocycles. The van der Waals surface area contributed by atoms with Crippen LogP contribution in [0.2, 0.25) is 0 Å². The summed E-state index contributed by atoms with van der Waals surface area (Å²) in [7, 11) is 0. The maximum atomic E-state index is 12.3. The number of hydrogen-bond acceptors (Lipinski definition) is 3. The van der Waals surface area contributed by atoms with Crippen molar-refractivity contribution in [2.45, 2.75) is 45.2 Å². The second-order valence-electron chi connectivity index (χ2n) is 5.69. The Morgan fingerprint density at radius 3 is 2.18 bits per heavy atom. The minimum absolute atomic E-state index is 0.0100. The van der Waals surface area contributed by atoms with Gasteiger partial charge in [0.15, 0.2) is 5.75 Å². The summed E-state index contributed by atoms with van der Waals surface area (Å²) in [5, 5.41) is 0. The van der Waals surface area contributed by atoms with Gasteiger partial charge in [-0.1, -0.05) is 10.6 Å². The molecule has 0 spiro atoms. The average Bonchev–Trinajstić information content (AvgIpc) is 2.43. The number of thiol groups is 1. The van der Waals surface area contributed by atoms with E-state index >= 15 is 0 Å². The summed E-state index contributed by atoms with van der Waals surface area (Å²) < 4.78 is 52.5. The lowest BCUT2D eigenvalue weighted by Crippen LogP contribution is -2.29. The number of alkyl halides is 3. The highest BCUT2D eigenvalue weighted by atomic mass is 32.2. The minimum atomic E-state index is -4.83. The Morgan fingerprint density at radius 1 is 1.14 bits per heavy atom. The summed E-state index contributed by atoms with van der Waals surface area (Å²) >= 11 is -3.71. The predicted molar refractivity (Wildman–Crippen MR) is 81.2 cm³/mol. The smallest absolute Gasteiger partial charge is 0.299 e. The van der Waals surface area contributed by atoms with Crippen molar-refractivity contribution in [1.82, 2.24) is 4.90 Å². The van der Waals surface area contributed by atoms with Crippen LogP contribution in [0.4, 0.5) is 13.2 Å². The maximum absolute atomic E-state index is 12.3. The van der Waals surface area contributed by atoms with Gasteiger partial charge in [0.1, 0.15) is 0 Å². The first-order valence-electron chi connectivity index (χ1n) is 7.32. The number of benzene rings is 1. The van der Waals surface area contributed by atoms with E-state index in [1.165, 1.54) is 31.4 Å². The number of hydrogen-bond donors (Lipinski definition) is 0. The van der Waals surface area contributed by atoms with Gasteiger partial charge in [0.2, 0.25) is 0 Å². The van der Waals surface area contributed by atoms with Gasteiger partial charge in [-0.25, -0.2) is 0 Å². The molecule has 7 heteroatoms. The molecule has 1 heterocycles. The molecule has 3 nitrogen and oxygen atoms in total. The molecule has 1 aliphatic rings. The lowest BCUT2D eigenvalue weighted by Gasteiger charge is -2.27. The molecule has 0 amide bonds. The van der Waals surface area contributed by atoms with Crippen molar-refractivity contribution in [2.75, 3.05) is 13.1 Å². The Morgan fingerprint density at radius 2 is 1.68 bits per heavy atom. The van der Waals surface area contributed by atoms with E-state index in [9.17, 15) is 17.4 Å². The molecule has 1 fully saturated rings. The first-order chi connectivity index (χ1) is 10.3. The van der Waals surface area contributed by atoms with Crippen molar-refractivity contribution in [3.63, 3.8) is 0 Å². The molecule has 124 valence electrons. The van der Waals surface area contributed by atoms with Gasteiger partial charge in [0.05, 0.1) is 0 Å². The molecule has 0 bridgehead atoms. The first-order valence-corrected chi connectivity index (χ1v) is 8.49. The van der Waals surface area contributed by atoms with Crippen LogP contribution in [0.5, 0.6) is 5.75 Å². The highest BCUT2D eigenvalue weighted by Crippen LogP contribution is 2.28. The summed E-state index contributed by atoms with van der Waals surface area (Å²) in [6.45, 7) is 6.59. The number of piperidine rings is 1. The van der Waals surface area contributed by atoms with Crippen LogP contribution in [-0.2, 0) is 21.8 Å². The van der Waals surface area contributed by atoms with E-state index in [1.807, 2.05) is 13.8 Å². The summed E-state index contributed by atoms with van der Waals surface area (Å²) in [6, 6.07) is 3.07. The monoisotopic (exact) mass is 336 g/mol. The highest BCUT2D eigenvalue weighted by molar-refractivity contribution is 7.81. The second-order valence-corrected chi connectivity index (χ2v) is 6.89. The fraction of sp³-hybridized carbons (Fsp3) is 0.600. The third kappa shape index (κ3) is 4.46. The SMILES string of the molecule is Cc1cc(O[SH+](=O)C(F)(F)F)cc(C)c1CN1CCCCC1. The Kier molecular flexibility index (Phi) is 5.50. The number of halogens is 3. The number of aryl methyl sites for hydroxylation is 2. The van der Waals surface area contributed by atoms with Crippen molar-refractivity contribution in [1.29, 1.82) is 0 Å². The van der Waals surface area contributed by atoms with Crippen molar-refractivity contribution < 1.29 is 21.6 Å². The van der Waals surface area contributed by atoms with Gasteiger partial charge in [-0.2, -0.15) is 0 Å². The fourth-order valence-corrected chi connectivity index (χ4v) is 3.14. The van der Waals surface area contributed by atoms with Crippen molar-refractivity contribution in [3.05, 3.63) is 28.8 Å². The zero-order chi connectivity index (χ0) is 16.3. The molecule has 22 heavy (non-hydrogen) atoms. The molecule has 0 saturated carbocycles. The van der Waals surface area contributed by atoms with Crippen LogP contribution >= 0.6 is 0 Å². The molecule has 1 atom stereocenters. The third-order valence-corrected chi connectivity index (χ3v) is 4.69. The highest BCUT2D eigenvalue weighted by Gasteiger charge is 2.47. The summed E-state index contributed by atoms with van der Waals surface area (Å²) in [5.41, 5.74) is -1.99.